The van der Waals surface area contributed by atoms with E-state index in [4.69, 9.17) is 0 Å². The Labute approximate surface area is 431 Å². The SMILES string of the molecule is Fc1c(F)c(F)c(-c2c3nc(c(-c4c(F)c(F)c(F)c(F)c4F)c4ccc([nH]4)c(-c4cccc5cc6cccc(C7SCCCS7)c6cc45)c4ccc([nH]4)c(-c4c(F)c(F)c(F)c(F)c4F)c4nc2C=C4)C=C3)c(F)c1F. The van der Waals surface area contributed by atoms with Gasteiger partial charge in [-0.2, -0.15) is 0 Å². The third-order valence-electron chi connectivity index (χ3n) is 13.4. The van der Waals surface area contributed by atoms with Crippen LogP contribution >= 0.6 is 23.5 Å². The lowest BCUT2D eigenvalue weighted by atomic mass is 9.94. The number of hydrogen-bond donors (Lipinski definition) is 2. The maximum atomic E-state index is 16.2. The summed E-state index contributed by atoms with van der Waals surface area (Å²) in [5, 5.41) is 2.97. The molecule has 8 bridgehead atoms. The van der Waals surface area contributed by atoms with Crippen LogP contribution in [0.5, 0.6) is 0 Å². The molecule has 21 heteroatoms. The van der Waals surface area contributed by atoms with Crippen LogP contribution in [-0.4, -0.2) is 31.4 Å². The number of thioether (sulfide) groups is 2. The Bertz CT molecular complexity index is 4100. The summed E-state index contributed by atoms with van der Waals surface area (Å²) >= 11 is 3.55. The second kappa shape index (κ2) is 18.7. The number of hydrogen-bond acceptors (Lipinski definition) is 4. The monoisotopic (exact) mass is 1100 g/mol. The molecule has 1 fully saturated rings. The summed E-state index contributed by atoms with van der Waals surface area (Å²) in [5.41, 5.74) is -10.3. The molecule has 0 saturated carbocycles. The van der Waals surface area contributed by atoms with Crippen LogP contribution in [0.3, 0.4) is 0 Å². The second-order valence-corrected chi connectivity index (χ2v) is 20.4. The van der Waals surface area contributed by atoms with Gasteiger partial charge >= 0.3 is 0 Å². The molecule has 0 unspecified atom stereocenters. The van der Waals surface area contributed by atoms with E-state index in [1.165, 1.54) is 12.1 Å². The molecule has 4 nitrogen and oxygen atoms in total. The third kappa shape index (κ3) is 7.73. The standard InChI is InChI=1S/C56H25F15N4S2/c57-41-38(42(58)48(64)53(69)47(41)63)35-28-10-8-26(72-28)34(22-6-1-4-20-18-21-5-2-7-23(25(21)19-24(20)22)56-76-16-3-17-77-56)27-9-11-29(73-27)36(39-43(59)49(65)54(70)50(66)44(39)60)31-13-15-33(75-31)37(32-14-12-30(35)74-32)40-45(61)51(67)55(71)52(68)46(40)62/h1-2,4-15,18-19,56,72-73H,3,16-17H2. The average molecular weight is 1100 g/mol. The lowest BCUT2D eigenvalue weighted by molar-refractivity contribution is 0.381. The van der Waals surface area contributed by atoms with E-state index in [1.54, 1.807) is 35.7 Å². The predicted molar refractivity (Wildman–Crippen MR) is 267 cm³/mol. The average Bonchev–Trinajstić information content (AvgIpc) is 4.31. The Morgan fingerprint density at radius 3 is 1.13 bits per heavy atom. The molecule has 6 heterocycles. The Morgan fingerprint density at radius 1 is 0.351 bits per heavy atom. The summed E-state index contributed by atoms with van der Waals surface area (Å²) in [6.07, 6.45) is 4.36. The zero-order valence-electron chi connectivity index (χ0n) is 38.3. The van der Waals surface area contributed by atoms with Crippen LogP contribution in [-0.2, 0) is 0 Å². The van der Waals surface area contributed by atoms with Crippen molar-refractivity contribution in [1.82, 2.24) is 19.9 Å². The van der Waals surface area contributed by atoms with Crippen molar-refractivity contribution in [3.63, 3.8) is 0 Å². The summed E-state index contributed by atoms with van der Waals surface area (Å²) in [4.78, 5) is 14.4. The van der Waals surface area contributed by atoms with E-state index in [1.807, 2.05) is 36.4 Å². The van der Waals surface area contributed by atoms with Crippen molar-refractivity contribution < 1.29 is 65.9 Å². The molecule has 77 heavy (non-hydrogen) atoms. The molecule has 3 aliphatic rings. The van der Waals surface area contributed by atoms with Crippen LogP contribution < -0.4 is 0 Å². The summed E-state index contributed by atoms with van der Waals surface area (Å²) < 4.78 is 232. The maximum absolute atomic E-state index is 16.2. The van der Waals surface area contributed by atoms with Gasteiger partial charge in [-0.3, -0.25) is 0 Å². The largest absolute Gasteiger partial charge is 0.354 e. The molecule has 9 aromatic rings. The minimum absolute atomic E-state index is 0.00641. The lowest BCUT2D eigenvalue weighted by Crippen LogP contribution is -2.06. The number of aromatic nitrogens is 4. The van der Waals surface area contributed by atoms with E-state index < -0.39 is 154 Å². The van der Waals surface area contributed by atoms with E-state index in [0.29, 0.717) is 16.3 Å². The topological polar surface area (TPSA) is 57.4 Å². The summed E-state index contributed by atoms with van der Waals surface area (Å²) in [7, 11) is 0. The number of nitrogens with zero attached hydrogens (tertiary/aromatic N) is 2. The predicted octanol–water partition coefficient (Wildman–Crippen LogP) is 17.6. The van der Waals surface area contributed by atoms with Gasteiger partial charge in [0.25, 0.3) is 0 Å². The highest BCUT2D eigenvalue weighted by Gasteiger charge is 2.34. The normalized spacial score (nSPS) is 13.8. The zero-order valence-corrected chi connectivity index (χ0v) is 39.9. The van der Waals surface area contributed by atoms with Gasteiger partial charge in [0.15, 0.2) is 69.8 Å². The molecule has 3 aromatic heterocycles. The van der Waals surface area contributed by atoms with Gasteiger partial charge in [0.05, 0.1) is 44.0 Å². The molecule has 12 rings (SSSR count). The molecular weight excluding hydrogens is 1080 g/mol. The van der Waals surface area contributed by atoms with Crippen molar-refractivity contribution in [3.8, 4) is 44.5 Å². The minimum Gasteiger partial charge on any atom is -0.354 e. The smallest absolute Gasteiger partial charge is 0.200 e. The number of fused-ring (bicyclic) bond motifs is 10. The number of rotatable bonds is 5. The van der Waals surface area contributed by atoms with Gasteiger partial charge in [-0.1, -0.05) is 36.4 Å². The fraction of sp³-hybridized carbons (Fsp3) is 0.0714. The van der Waals surface area contributed by atoms with E-state index in [9.17, 15) is 13.2 Å². The number of nitrogens with one attached hydrogen (secondary N) is 2. The van der Waals surface area contributed by atoms with E-state index in [0.717, 1.165) is 70.7 Å². The van der Waals surface area contributed by atoms with Crippen LogP contribution in [0, 0.1) is 87.3 Å². The van der Waals surface area contributed by atoms with Gasteiger partial charge in [0.1, 0.15) is 0 Å². The van der Waals surface area contributed by atoms with Gasteiger partial charge < -0.3 is 9.97 Å². The van der Waals surface area contributed by atoms with Gasteiger partial charge in [-0.15, -0.1) is 23.5 Å². The molecular formula is C56H25F15N4S2. The first-order valence-electron chi connectivity index (χ1n) is 22.9. The number of halogens is 15. The fourth-order valence-electron chi connectivity index (χ4n) is 9.92. The molecule has 0 spiro atoms. The van der Waals surface area contributed by atoms with Gasteiger partial charge in [-0.25, -0.2) is 75.8 Å². The van der Waals surface area contributed by atoms with Crippen molar-refractivity contribution in [2.24, 2.45) is 0 Å². The Kier molecular flexibility index (Phi) is 12.1. The Morgan fingerprint density at radius 2 is 0.701 bits per heavy atom. The van der Waals surface area contributed by atoms with E-state index >= 15 is 52.7 Å². The summed E-state index contributed by atoms with van der Waals surface area (Å²) in [5.74, 6) is -34.9. The first-order chi connectivity index (χ1) is 36.9. The van der Waals surface area contributed by atoms with E-state index in [2.05, 4.69) is 19.9 Å². The van der Waals surface area contributed by atoms with Gasteiger partial charge in [0, 0.05) is 44.3 Å². The van der Waals surface area contributed by atoms with Crippen molar-refractivity contribution in [1.29, 1.82) is 0 Å². The van der Waals surface area contributed by atoms with Crippen molar-refractivity contribution in [2.75, 3.05) is 11.5 Å². The first-order valence-corrected chi connectivity index (χ1v) is 24.9. The van der Waals surface area contributed by atoms with Crippen LogP contribution in [0.25, 0.3) is 112 Å². The zero-order chi connectivity index (χ0) is 54.0. The molecule has 0 radical (unpaired) electrons. The molecule has 3 aliphatic heterocycles. The van der Waals surface area contributed by atoms with Crippen LogP contribution in [0.2, 0.25) is 0 Å². The Hall–Kier alpha value is -7.91. The fourth-order valence-corrected chi connectivity index (χ4v) is 12.9. The number of aromatic amines is 2. The number of benzene rings is 6. The van der Waals surface area contributed by atoms with E-state index in [-0.39, 0.29) is 21.2 Å². The third-order valence-corrected chi connectivity index (χ3v) is 16.4. The minimum atomic E-state index is -2.62. The van der Waals surface area contributed by atoms with Crippen molar-refractivity contribution in [3.05, 3.63) is 188 Å². The molecule has 0 aliphatic carbocycles. The van der Waals surface area contributed by atoms with Crippen LogP contribution in [0.4, 0.5) is 65.9 Å². The molecule has 0 amide bonds. The Balaban J connectivity index is 1.30. The quantitative estimate of drug-likeness (QED) is 0.0780. The van der Waals surface area contributed by atoms with Crippen molar-refractivity contribution in [2.45, 2.75) is 11.0 Å². The van der Waals surface area contributed by atoms with Crippen molar-refractivity contribution >= 4 is 91.4 Å². The van der Waals surface area contributed by atoms with Crippen LogP contribution in [0.1, 0.15) is 39.3 Å². The first kappa shape index (κ1) is 49.9. The highest BCUT2D eigenvalue weighted by Crippen LogP contribution is 2.48. The maximum Gasteiger partial charge on any atom is 0.200 e. The van der Waals surface area contributed by atoms with Gasteiger partial charge in [0.2, 0.25) is 17.5 Å². The molecule has 386 valence electrons. The summed E-state index contributed by atoms with van der Waals surface area (Å²) in [6, 6.07) is 19.9. The molecule has 1 saturated heterocycles. The number of H-pyrrole nitrogens is 2. The summed E-state index contributed by atoms with van der Waals surface area (Å²) in [6.45, 7) is 0. The second-order valence-electron chi connectivity index (χ2n) is 17.7. The highest BCUT2D eigenvalue weighted by atomic mass is 32.2. The van der Waals surface area contributed by atoms with Crippen LogP contribution in [0.15, 0.2) is 72.8 Å². The van der Waals surface area contributed by atoms with Gasteiger partial charge in [-0.05, 0) is 111 Å². The highest BCUT2D eigenvalue weighted by molar-refractivity contribution is 8.16. The molecule has 2 N–H and O–H groups in total. The lowest BCUT2D eigenvalue weighted by Gasteiger charge is -2.23. The molecule has 0 atom stereocenters. The molecule has 6 aromatic carbocycles.